The first-order chi connectivity index (χ1) is 17.7. The molecule has 4 rings (SSSR count). The average Bonchev–Trinajstić information content (AvgIpc) is 3.20. The fraction of sp³-hybridized carbons (Fsp3) is 0.269. The molecule has 8 nitrogen and oxygen atoms in total. The molecule has 0 atom stereocenters. The van der Waals surface area contributed by atoms with E-state index in [2.05, 4.69) is 15.3 Å². The zero-order valence-electron chi connectivity index (χ0n) is 20.4. The molecule has 0 fully saturated rings. The normalized spacial score (nSPS) is 11.1. The highest BCUT2D eigenvalue weighted by Crippen LogP contribution is 2.34. The zero-order chi connectivity index (χ0) is 26.7. The molecule has 2 N–H and O–H groups in total. The van der Waals surface area contributed by atoms with Crippen LogP contribution in [0.3, 0.4) is 0 Å². The molecule has 0 bridgehead atoms. The number of carboxylic acid groups (broad SMARTS) is 1. The Labute approximate surface area is 216 Å². The zero-order valence-corrected chi connectivity index (χ0v) is 21.2. The molecule has 0 aliphatic carbocycles. The first-order valence-corrected chi connectivity index (χ1v) is 11.9. The lowest BCUT2D eigenvalue weighted by Gasteiger charge is -2.13. The topological polar surface area (TPSA) is 98.5 Å². The van der Waals surface area contributed by atoms with Crippen molar-refractivity contribution in [1.29, 1.82) is 0 Å². The Morgan fingerprint density at radius 3 is 2.65 bits per heavy atom. The SMILES string of the molecule is CCCOc1cc(-c2cc(NCCn3c(C)cc4c(OC)cc(F)c(F)c43)ncn2)cc(Cl)c1C(=O)O. The molecule has 2 aromatic carbocycles. The molecule has 194 valence electrons. The summed E-state index contributed by atoms with van der Waals surface area (Å²) in [6.07, 6.45) is 2.06. The van der Waals surface area contributed by atoms with Crippen molar-refractivity contribution in [2.24, 2.45) is 0 Å². The van der Waals surface area contributed by atoms with Gasteiger partial charge in [0.15, 0.2) is 11.6 Å². The predicted octanol–water partition coefficient (Wildman–Crippen LogP) is 5.95. The number of ether oxygens (including phenoxy) is 2. The number of hydrogen-bond acceptors (Lipinski definition) is 6. The van der Waals surface area contributed by atoms with Crippen molar-refractivity contribution >= 4 is 34.3 Å². The molecule has 11 heteroatoms. The van der Waals surface area contributed by atoms with E-state index >= 15 is 0 Å². The molecule has 0 unspecified atom stereocenters. The van der Waals surface area contributed by atoms with Crippen LogP contribution in [0.4, 0.5) is 14.6 Å². The monoisotopic (exact) mass is 530 g/mol. The number of anilines is 1. The second kappa shape index (κ2) is 11.0. The van der Waals surface area contributed by atoms with E-state index in [0.717, 1.165) is 11.8 Å². The van der Waals surface area contributed by atoms with Gasteiger partial charge in [-0.05, 0) is 31.5 Å². The van der Waals surface area contributed by atoms with Crippen molar-refractivity contribution < 1.29 is 28.2 Å². The minimum Gasteiger partial charge on any atom is -0.496 e. The van der Waals surface area contributed by atoms with Gasteiger partial charge in [0.05, 0.1) is 29.9 Å². The van der Waals surface area contributed by atoms with Gasteiger partial charge in [-0.3, -0.25) is 0 Å². The summed E-state index contributed by atoms with van der Waals surface area (Å²) in [5.41, 5.74) is 1.82. The second-order valence-electron chi connectivity index (χ2n) is 8.27. The largest absolute Gasteiger partial charge is 0.496 e. The van der Waals surface area contributed by atoms with Gasteiger partial charge in [0.1, 0.15) is 29.2 Å². The van der Waals surface area contributed by atoms with Gasteiger partial charge in [0.2, 0.25) is 0 Å². The molecular weight excluding hydrogens is 506 g/mol. The van der Waals surface area contributed by atoms with Gasteiger partial charge in [0, 0.05) is 41.9 Å². The summed E-state index contributed by atoms with van der Waals surface area (Å²) in [5, 5.41) is 13.2. The molecule has 0 amide bonds. The van der Waals surface area contributed by atoms with Gasteiger partial charge in [-0.1, -0.05) is 18.5 Å². The third-order valence-electron chi connectivity index (χ3n) is 5.80. The summed E-state index contributed by atoms with van der Waals surface area (Å²) in [6.45, 7) is 4.73. The lowest BCUT2D eigenvalue weighted by molar-refractivity contribution is 0.0692. The van der Waals surface area contributed by atoms with Crippen LogP contribution in [0.15, 0.2) is 36.7 Å². The highest BCUT2D eigenvalue weighted by molar-refractivity contribution is 6.34. The number of methoxy groups -OCH3 is 1. The summed E-state index contributed by atoms with van der Waals surface area (Å²) in [4.78, 5) is 20.2. The summed E-state index contributed by atoms with van der Waals surface area (Å²) in [7, 11) is 1.41. The molecule has 0 radical (unpaired) electrons. The van der Waals surface area contributed by atoms with E-state index in [9.17, 15) is 18.7 Å². The highest BCUT2D eigenvalue weighted by atomic mass is 35.5. The predicted molar refractivity (Wildman–Crippen MR) is 137 cm³/mol. The maximum atomic E-state index is 14.7. The van der Waals surface area contributed by atoms with Gasteiger partial charge in [0.25, 0.3) is 0 Å². The van der Waals surface area contributed by atoms with E-state index in [4.69, 9.17) is 21.1 Å². The van der Waals surface area contributed by atoms with Crippen molar-refractivity contribution in [2.75, 3.05) is 25.6 Å². The minimum atomic E-state index is -1.19. The molecule has 0 saturated carbocycles. The van der Waals surface area contributed by atoms with Gasteiger partial charge in [-0.15, -0.1) is 0 Å². The van der Waals surface area contributed by atoms with Gasteiger partial charge in [-0.25, -0.2) is 23.5 Å². The quantitative estimate of drug-likeness (QED) is 0.261. The van der Waals surface area contributed by atoms with E-state index in [0.29, 0.717) is 48.6 Å². The Hall–Kier alpha value is -3.92. The molecule has 0 aliphatic heterocycles. The number of nitrogens with one attached hydrogen (secondary N) is 1. The Kier molecular flexibility index (Phi) is 7.77. The summed E-state index contributed by atoms with van der Waals surface area (Å²) >= 11 is 6.26. The van der Waals surface area contributed by atoms with Gasteiger partial charge in [-0.2, -0.15) is 0 Å². The van der Waals surface area contributed by atoms with Gasteiger partial charge >= 0.3 is 5.97 Å². The van der Waals surface area contributed by atoms with Crippen LogP contribution in [0, 0.1) is 18.6 Å². The maximum absolute atomic E-state index is 14.7. The van der Waals surface area contributed by atoms with Crippen LogP contribution < -0.4 is 14.8 Å². The van der Waals surface area contributed by atoms with Crippen molar-refractivity contribution in [2.45, 2.75) is 26.8 Å². The Morgan fingerprint density at radius 2 is 1.95 bits per heavy atom. The molecule has 4 aromatic rings. The van der Waals surface area contributed by atoms with E-state index in [1.807, 2.05) is 13.8 Å². The Morgan fingerprint density at radius 1 is 1.16 bits per heavy atom. The van der Waals surface area contributed by atoms with Crippen LogP contribution in [-0.2, 0) is 6.54 Å². The Balaban J connectivity index is 1.57. The molecule has 2 heterocycles. The van der Waals surface area contributed by atoms with Crippen molar-refractivity contribution in [1.82, 2.24) is 14.5 Å². The number of aromatic nitrogens is 3. The molecular formula is C26H25ClF2N4O4. The van der Waals surface area contributed by atoms with Crippen LogP contribution in [0.1, 0.15) is 29.4 Å². The first-order valence-electron chi connectivity index (χ1n) is 11.5. The summed E-state index contributed by atoms with van der Waals surface area (Å²) < 4.78 is 41.3. The fourth-order valence-corrected chi connectivity index (χ4v) is 4.39. The van der Waals surface area contributed by atoms with Crippen LogP contribution in [-0.4, -0.2) is 45.9 Å². The van der Waals surface area contributed by atoms with Gasteiger partial charge < -0.3 is 24.5 Å². The molecule has 0 spiro atoms. The second-order valence-corrected chi connectivity index (χ2v) is 8.68. The lowest BCUT2D eigenvalue weighted by Crippen LogP contribution is -2.13. The molecule has 0 aliphatic rings. The lowest BCUT2D eigenvalue weighted by atomic mass is 10.1. The third kappa shape index (κ3) is 5.29. The van der Waals surface area contributed by atoms with E-state index in [1.165, 1.54) is 19.5 Å². The highest BCUT2D eigenvalue weighted by Gasteiger charge is 2.20. The fourth-order valence-electron chi connectivity index (χ4n) is 4.10. The maximum Gasteiger partial charge on any atom is 0.341 e. The first kappa shape index (κ1) is 26.2. The molecule has 0 saturated heterocycles. The standard InChI is InChI=1S/C26H25ClF2N4O4/c1-4-7-37-21-10-15(9-17(27)23(21)26(34)35)19-12-22(32-13-31-19)30-5-6-33-14(2)8-16-20(36-3)11-18(28)24(29)25(16)33/h8-13H,4-7H2,1-3H3,(H,34,35)(H,30,31,32). The van der Waals surface area contributed by atoms with E-state index < -0.39 is 17.6 Å². The van der Waals surface area contributed by atoms with Crippen molar-refractivity contribution in [3.8, 4) is 22.8 Å². The molecule has 2 aromatic heterocycles. The number of aryl methyl sites for hydroxylation is 1. The number of hydrogen-bond donors (Lipinski definition) is 2. The number of rotatable bonds is 10. The van der Waals surface area contributed by atoms with E-state index in [-0.39, 0.29) is 27.6 Å². The average molecular weight is 531 g/mol. The minimum absolute atomic E-state index is 0.0314. The van der Waals surface area contributed by atoms with Crippen LogP contribution in [0.5, 0.6) is 11.5 Å². The Bertz CT molecular complexity index is 1480. The van der Waals surface area contributed by atoms with Crippen molar-refractivity contribution in [3.05, 3.63) is 64.6 Å². The summed E-state index contributed by atoms with van der Waals surface area (Å²) in [6, 6.07) is 7.56. The van der Waals surface area contributed by atoms with E-state index in [1.54, 1.807) is 22.8 Å². The number of carbonyl (C=O) groups is 1. The number of carboxylic acids is 1. The van der Waals surface area contributed by atoms with Crippen LogP contribution >= 0.6 is 11.6 Å². The van der Waals surface area contributed by atoms with Crippen LogP contribution in [0.2, 0.25) is 5.02 Å². The number of fused-ring (bicyclic) bond motifs is 1. The smallest absolute Gasteiger partial charge is 0.341 e. The third-order valence-corrected chi connectivity index (χ3v) is 6.10. The van der Waals surface area contributed by atoms with Crippen LogP contribution in [0.25, 0.3) is 22.2 Å². The number of aromatic carboxylic acids is 1. The summed E-state index contributed by atoms with van der Waals surface area (Å²) in [5.74, 6) is -2.20. The number of nitrogens with zero attached hydrogens (tertiary/aromatic N) is 3. The number of benzene rings is 2. The molecule has 37 heavy (non-hydrogen) atoms. The number of halogens is 3. The van der Waals surface area contributed by atoms with Crippen molar-refractivity contribution in [3.63, 3.8) is 0 Å².